The molecule has 2 aromatic carbocycles. The van der Waals surface area contributed by atoms with Gasteiger partial charge in [-0.25, -0.2) is 4.39 Å². The summed E-state index contributed by atoms with van der Waals surface area (Å²) >= 11 is 0. The lowest BCUT2D eigenvalue weighted by Gasteiger charge is -2.39. The number of carbonyl (C=O) groups is 1. The van der Waals surface area contributed by atoms with Gasteiger partial charge in [-0.3, -0.25) is 4.79 Å². The molecular formula is C21H23FO9. The third kappa shape index (κ3) is 5.12. The highest BCUT2D eigenvalue weighted by atomic mass is 19.1. The van der Waals surface area contributed by atoms with Gasteiger partial charge in [-0.2, -0.15) is 0 Å². The number of aromatic hydroxyl groups is 2. The number of ether oxygens (including phenoxy) is 2. The zero-order valence-electron chi connectivity index (χ0n) is 16.3. The van der Waals surface area contributed by atoms with E-state index in [-0.39, 0.29) is 24.2 Å². The molecule has 5 atom stereocenters. The fourth-order valence-corrected chi connectivity index (χ4v) is 3.28. The number of aliphatic hydroxyl groups excluding tert-OH is 4. The Morgan fingerprint density at radius 3 is 2.35 bits per heavy atom. The van der Waals surface area contributed by atoms with Crippen LogP contribution in [0.5, 0.6) is 17.2 Å². The lowest BCUT2D eigenvalue weighted by atomic mass is 9.99. The summed E-state index contributed by atoms with van der Waals surface area (Å²) in [5.74, 6) is -2.33. The average molecular weight is 438 g/mol. The van der Waals surface area contributed by atoms with Crippen molar-refractivity contribution < 1.29 is 49.3 Å². The van der Waals surface area contributed by atoms with Gasteiger partial charge >= 0.3 is 0 Å². The van der Waals surface area contributed by atoms with E-state index < -0.39 is 60.4 Å². The third-order valence-electron chi connectivity index (χ3n) is 4.99. The Labute approximate surface area is 176 Å². The molecule has 0 radical (unpaired) electrons. The second kappa shape index (κ2) is 9.58. The second-order valence-electron chi connectivity index (χ2n) is 7.20. The molecule has 168 valence electrons. The summed E-state index contributed by atoms with van der Waals surface area (Å²) in [5.41, 5.74) is 0.390. The summed E-state index contributed by atoms with van der Waals surface area (Å²) in [4.78, 5) is 12.8. The maximum Gasteiger partial charge on any atom is 0.229 e. The second-order valence-corrected chi connectivity index (χ2v) is 7.20. The number of hydrogen-bond acceptors (Lipinski definition) is 9. The van der Waals surface area contributed by atoms with Gasteiger partial charge in [0.1, 0.15) is 53.0 Å². The fourth-order valence-electron chi connectivity index (χ4n) is 3.28. The van der Waals surface area contributed by atoms with Crippen molar-refractivity contribution in [3.8, 4) is 17.2 Å². The van der Waals surface area contributed by atoms with Gasteiger partial charge in [0, 0.05) is 18.6 Å². The molecule has 0 saturated carbocycles. The van der Waals surface area contributed by atoms with Gasteiger partial charge in [0.15, 0.2) is 5.78 Å². The van der Waals surface area contributed by atoms with Crippen LogP contribution in [0.25, 0.3) is 0 Å². The van der Waals surface area contributed by atoms with E-state index in [4.69, 9.17) is 9.47 Å². The zero-order chi connectivity index (χ0) is 22.7. The Balaban J connectivity index is 1.82. The van der Waals surface area contributed by atoms with Gasteiger partial charge in [-0.1, -0.05) is 12.1 Å². The molecule has 0 unspecified atom stereocenters. The van der Waals surface area contributed by atoms with Crippen molar-refractivity contribution in [1.29, 1.82) is 0 Å². The van der Waals surface area contributed by atoms with E-state index >= 15 is 0 Å². The number of Topliss-reactive ketones (excluding diaryl/α,β-unsaturated/α-hetero) is 1. The van der Waals surface area contributed by atoms with E-state index in [1.807, 2.05) is 0 Å². The molecule has 0 bridgehead atoms. The summed E-state index contributed by atoms with van der Waals surface area (Å²) < 4.78 is 23.7. The number of benzene rings is 2. The molecule has 3 rings (SSSR count). The molecule has 0 aliphatic carbocycles. The molecule has 9 nitrogen and oxygen atoms in total. The van der Waals surface area contributed by atoms with Crippen LogP contribution in [0.2, 0.25) is 0 Å². The molecule has 6 N–H and O–H groups in total. The van der Waals surface area contributed by atoms with Crippen molar-refractivity contribution in [2.75, 3.05) is 6.61 Å². The molecule has 2 aromatic rings. The summed E-state index contributed by atoms with van der Waals surface area (Å²) in [6.45, 7) is -0.681. The molecule has 0 spiro atoms. The molecular weight excluding hydrogens is 415 g/mol. The number of rotatable bonds is 7. The molecule has 0 amide bonds. The van der Waals surface area contributed by atoms with Crippen molar-refractivity contribution in [3.05, 3.63) is 53.3 Å². The summed E-state index contributed by atoms with van der Waals surface area (Å²) in [5, 5.41) is 59.2. The summed E-state index contributed by atoms with van der Waals surface area (Å²) in [6, 6.07) is 7.50. The highest BCUT2D eigenvalue weighted by molar-refractivity contribution is 6.01. The van der Waals surface area contributed by atoms with Gasteiger partial charge in [-0.05, 0) is 24.1 Å². The van der Waals surface area contributed by atoms with Crippen LogP contribution >= 0.6 is 0 Å². The Bertz CT molecular complexity index is 916. The number of aliphatic hydroxyl groups is 4. The van der Waals surface area contributed by atoms with Crippen LogP contribution in [0.3, 0.4) is 0 Å². The summed E-state index contributed by atoms with van der Waals surface area (Å²) in [6.07, 6.45) is -7.76. The maximum atomic E-state index is 13.0. The molecule has 1 saturated heterocycles. The Kier molecular flexibility index (Phi) is 7.08. The zero-order valence-corrected chi connectivity index (χ0v) is 16.3. The van der Waals surface area contributed by atoms with Crippen LogP contribution < -0.4 is 4.74 Å². The van der Waals surface area contributed by atoms with Gasteiger partial charge in [0.25, 0.3) is 0 Å². The van der Waals surface area contributed by atoms with E-state index in [1.54, 1.807) is 0 Å². The fraction of sp³-hybridized carbons (Fsp3) is 0.381. The Morgan fingerprint density at radius 2 is 1.71 bits per heavy atom. The highest BCUT2D eigenvalue weighted by Gasteiger charge is 2.45. The minimum atomic E-state index is -1.75. The Morgan fingerprint density at radius 1 is 1.03 bits per heavy atom. The summed E-state index contributed by atoms with van der Waals surface area (Å²) in [7, 11) is 0. The van der Waals surface area contributed by atoms with E-state index in [0.717, 1.165) is 12.1 Å². The lowest BCUT2D eigenvalue weighted by molar-refractivity contribution is -0.277. The SMILES string of the molecule is O=C(CCc1ccc(F)cc1)c1c(O)cc(O)cc1O[C@@H]1O[C@H](CO)[C@@H](O)[C@H](O)[C@H]1O. The first kappa shape index (κ1) is 22.9. The molecule has 10 heteroatoms. The first-order chi connectivity index (χ1) is 14.7. The predicted molar refractivity (Wildman–Crippen MR) is 103 cm³/mol. The van der Waals surface area contributed by atoms with Crippen molar-refractivity contribution in [1.82, 2.24) is 0 Å². The van der Waals surface area contributed by atoms with Gasteiger partial charge in [0.05, 0.1) is 6.61 Å². The number of carbonyl (C=O) groups excluding carboxylic acids is 1. The average Bonchev–Trinajstić information content (AvgIpc) is 2.73. The van der Waals surface area contributed by atoms with Crippen LogP contribution in [-0.2, 0) is 11.2 Å². The van der Waals surface area contributed by atoms with Gasteiger partial charge < -0.3 is 40.1 Å². The lowest BCUT2D eigenvalue weighted by Crippen LogP contribution is -2.60. The van der Waals surface area contributed by atoms with Gasteiger partial charge in [-0.15, -0.1) is 0 Å². The standard InChI is InChI=1S/C21H23FO9/c22-11-4-1-10(2-5-11)3-6-13(25)17-14(26)7-12(24)8-15(17)30-21-20(29)19(28)18(27)16(9-23)31-21/h1-2,4-5,7-8,16,18-21,23-24,26-29H,3,6,9H2/t16-,18-,19+,20-,21-/m1/s1. The van der Waals surface area contributed by atoms with Crippen molar-refractivity contribution >= 4 is 5.78 Å². The van der Waals surface area contributed by atoms with Crippen molar-refractivity contribution in [3.63, 3.8) is 0 Å². The number of aryl methyl sites for hydroxylation is 1. The largest absolute Gasteiger partial charge is 0.508 e. The van der Waals surface area contributed by atoms with Crippen LogP contribution in [0.1, 0.15) is 22.3 Å². The van der Waals surface area contributed by atoms with Crippen LogP contribution in [0, 0.1) is 5.82 Å². The van der Waals surface area contributed by atoms with Crippen molar-refractivity contribution in [2.24, 2.45) is 0 Å². The number of phenolic OH excluding ortho intramolecular Hbond substituents is 2. The quantitative estimate of drug-likeness (QED) is 0.333. The smallest absolute Gasteiger partial charge is 0.229 e. The maximum absolute atomic E-state index is 13.0. The van der Waals surface area contributed by atoms with E-state index in [1.165, 1.54) is 24.3 Å². The molecule has 1 aliphatic rings. The molecule has 1 heterocycles. The van der Waals surface area contributed by atoms with E-state index in [2.05, 4.69) is 0 Å². The predicted octanol–water partition coefficient (Wildman–Crippen LogP) is 0.231. The number of phenols is 2. The van der Waals surface area contributed by atoms with E-state index in [9.17, 15) is 39.8 Å². The van der Waals surface area contributed by atoms with Crippen molar-refractivity contribution in [2.45, 2.75) is 43.5 Å². The minimum Gasteiger partial charge on any atom is -0.508 e. The topological polar surface area (TPSA) is 157 Å². The molecule has 0 aromatic heterocycles. The van der Waals surface area contributed by atoms with Crippen LogP contribution in [-0.4, -0.2) is 73.7 Å². The first-order valence-electron chi connectivity index (χ1n) is 9.52. The van der Waals surface area contributed by atoms with Crippen LogP contribution in [0.15, 0.2) is 36.4 Å². The third-order valence-corrected chi connectivity index (χ3v) is 4.99. The highest BCUT2D eigenvalue weighted by Crippen LogP contribution is 2.36. The number of ketones is 1. The number of halogens is 1. The molecule has 1 fully saturated rings. The normalized spacial score (nSPS) is 25.9. The Hall–Kier alpha value is -2.76. The minimum absolute atomic E-state index is 0.0883. The van der Waals surface area contributed by atoms with E-state index in [0.29, 0.717) is 5.56 Å². The van der Waals surface area contributed by atoms with Gasteiger partial charge in [0.2, 0.25) is 6.29 Å². The molecule has 1 aliphatic heterocycles. The monoisotopic (exact) mass is 438 g/mol. The number of hydrogen-bond donors (Lipinski definition) is 6. The first-order valence-corrected chi connectivity index (χ1v) is 9.52. The van der Waals surface area contributed by atoms with Crippen LogP contribution in [0.4, 0.5) is 4.39 Å². The molecule has 31 heavy (non-hydrogen) atoms.